The molecule has 1 aromatic heterocycles. The van der Waals surface area contributed by atoms with E-state index in [4.69, 9.17) is 4.74 Å². The molecule has 0 radical (unpaired) electrons. The van der Waals surface area contributed by atoms with Gasteiger partial charge < -0.3 is 15.0 Å². The maximum Gasteiger partial charge on any atom is 0.235 e. The first kappa shape index (κ1) is 17.0. The standard InChI is InChI=1S/C20H24N4O2/c25-18(20(8-12-26-13-9-20)16-6-2-1-3-7-16)23-17-14-21-19(22-15-17)24-10-4-5-11-24/h1-3,6-7,14-15H,4-5,8-13H2,(H,23,25). The maximum absolute atomic E-state index is 13.2. The molecule has 26 heavy (non-hydrogen) atoms. The average Bonchev–Trinajstić information content (AvgIpc) is 3.24. The van der Waals surface area contributed by atoms with Crippen LogP contribution in [0.1, 0.15) is 31.2 Å². The van der Waals surface area contributed by atoms with Crippen LogP contribution in [0, 0.1) is 0 Å². The number of anilines is 2. The number of ether oxygens (including phenoxy) is 1. The highest BCUT2D eigenvalue weighted by Crippen LogP contribution is 2.36. The summed E-state index contributed by atoms with van der Waals surface area (Å²) in [7, 11) is 0. The molecule has 0 bridgehead atoms. The van der Waals surface area contributed by atoms with E-state index in [1.807, 2.05) is 30.3 Å². The van der Waals surface area contributed by atoms with E-state index in [0.29, 0.717) is 31.7 Å². The van der Waals surface area contributed by atoms with Gasteiger partial charge in [-0.1, -0.05) is 30.3 Å². The number of nitrogens with one attached hydrogen (secondary N) is 1. The van der Waals surface area contributed by atoms with Gasteiger partial charge in [0.15, 0.2) is 0 Å². The van der Waals surface area contributed by atoms with Crippen molar-refractivity contribution in [3.05, 3.63) is 48.3 Å². The van der Waals surface area contributed by atoms with Crippen LogP contribution in [0.25, 0.3) is 0 Å². The molecule has 2 aliphatic rings. The van der Waals surface area contributed by atoms with E-state index in [-0.39, 0.29) is 5.91 Å². The van der Waals surface area contributed by atoms with Gasteiger partial charge in [-0.05, 0) is 31.2 Å². The molecule has 1 amide bonds. The van der Waals surface area contributed by atoms with Gasteiger partial charge >= 0.3 is 0 Å². The van der Waals surface area contributed by atoms with Gasteiger partial charge in [0.2, 0.25) is 11.9 Å². The van der Waals surface area contributed by atoms with Gasteiger partial charge in [0.1, 0.15) is 0 Å². The lowest BCUT2D eigenvalue weighted by Gasteiger charge is -2.36. The molecule has 2 aliphatic heterocycles. The second-order valence-corrected chi connectivity index (χ2v) is 6.98. The highest BCUT2D eigenvalue weighted by Gasteiger charge is 2.41. The number of nitrogens with zero attached hydrogens (tertiary/aromatic N) is 3. The Morgan fingerprint density at radius 1 is 1.04 bits per heavy atom. The minimum absolute atomic E-state index is 0.00970. The molecule has 6 heteroatoms. The fourth-order valence-corrected chi connectivity index (χ4v) is 3.84. The molecule has 0 spiro atoms. The lowest BCUT2D eigenvalue weighted by Crippen LogP contribution is -2.44. The van der Waals surface area contributed by atoms with Crippen LogP contribution >= 0.6 is 0 Å². The Kier molecular flexibility index (Phi) is 4.84. The summed E-state index contributed by atoms with van der Waals surface area (Å²) in [6.07, 6.45) is 7.13. The van der Waals surface area contributed by atoms with Crippen molar-refractivity contribution in [2.24, 2.45) is 0 Å². The monoisotopic (exact) mass is 352 g/mol. The number of hydrogen-bond acceptors (Lipinski definition) is 5. The Bertz CT molecular complexity index is 736. The van der Waals surface area contributed by atoms with Crippen molar-refractivity contribution in [1.29, 1.82) is 0 Å². The maximum atomic E-state index is 13.2. The van der Waals surface area contributed by atoms with Crippen LogP contribution in [0.4, 0.5) is 11.6 Å². The Balaban J connectivity index is 1.53. The van der Waals surface area contributed by atoms with Crippen LogP contribution in [-0.4, -0.2) is 42.2 Å². The van der Waals surface area contributed by atoms with E-state index in [1.165, 1.54) is 12.8 Å². The molecule has 0 unspecified atom stereocenters. The molecule has 6 nitrogen and oxygen atoms in total. The number of amides is 1. The van der Waals surface area contributed by atoms with Crippen molar-refractivity contribution in [3.63, 3.8) is 0 Å². The van der Waals surface area contributed by atoms with E-state index >= 15 is 0 Å². The van der Waals surface area contributed by atoms with Crippen LogP contribution in [0.2, 0.25) is 0 Å². The molecule has 136 valence electrons. The third kappa shape index (κ3) is 3.29. The van der Waals surface area contributed by atoms with Crippen LogP contribution in [0.15, 0.2) is 42.7 Å². The average molecular weight is 352 g/mol. The van der Waals surface area contributed by atoms with Gasteiger partial charge in [0.25, 0.3) is 0 Å². The first-order valence-electron chi connectivity index (χ1n) is 9.30. The summed E-state index contributed by atoms with van der Waals surface area (Å²) in [5, 5.41) is 3.03. The third-order valence-corrected chi connectivity index (χ3v) is 5.39. The minimum Gasteiger partial charge on any atom is -0.381 e. The van der Waals surface area contributed by atoms with Crippen molar-refractivity contribution in [1.82, 2.24) is 9.97 Å². The van der Waals surface area contributed by atoms with Crippen LogP contribution < -0.4 is 10.2 Å². The van der Waals surface area contributed by atoms with Crippen molar-refractivity contribution in [2.45, 2.75) is 31.1 Å². The Morgan fingerprint density at radius 2 is 1.69 bits per heavy atom. The summed E-state index contributed by atoms with van der Waals surface area (Å²) in [5.74, 6) is 0.730. The predicted octanol–water partition coefficient (Wildman–Crippen LogP) is 2.76. The predicted molar refractivity (Wildman–Crippen MR) is 100 cm³/mol. The molecule has 2 aromatic rings. The molecule has 2 fully saturated rings. The lowest BCUT2D eigenvalue weighted by atomic mass is 9.73. The molecule has 4 rings (SSSR count). The van der Waals surface area contributed by atoms with E-state index in [9.17, 15) is 4.79 Å². The van der Waals surface area contributed by atoms with Crippen molar-refractivity contribution >= 4 is 17.5 Å². The molecule has 1 aromatic carbocycles. The normalized spacial score (nSPS) is 19.3. The number of carbonyl (C=O) groups excluding carboxylic acids is 1. The van der Waals surface area contributed by atoms with E-state index in [0.717, 1.165) is 24.6 Å². The fraction of sp³-hybridized carbons (Fsp3) is 0.450. The van der Waals surface area contributed by atoms with E-state index in [2.05, 4.69) is 20.2 Å². The summed E-state index contributed by atoms with van der Waals surface area (Å²) in [6.45, 7) is 3.19. The highest BCUT2D eigenvalue weighted by atomic mass is 16.5. The second-order valence-electron chi connectivity index (χ2n) is 6.98. The SMILES string of the molecule is O=C(Nc1cnc(N2CCCC2)nc1)C1(c2ccccc2)CCOCC1. The molecule has 2 saturated heterocycles. The van der Waals surface area contributed by atoms with Gasteiger partial charge in [-0.25, -0.2) is 9.97 Å². The summed E-state index contributed by atoms with van der Waals surface area (Å²) in [4.78, 5) is 24.2. The topological polar surface area (TPSA) is 67.4 Å². The molecule has 3 heterocycles. The molecule has 1 N–H and O–H groups in total. The molecular formula is C20H24N4O2. The lowest BCUT2D eigenvalue weighted by molar-refractivity contribution is -0.125. The molecule has 0 aliphatic carbocycles. The van der Waals surface area contributed by atoms with Gasteiger partial charge in [-0.15, -0.1) is 0 Å². The number of benzene rings is 1. The molecule has 0 saturated carbocycles. The number of rotatable bonds is 4. The number of carbonyl (C=O) groups is 1. The van der Waals surface area contributed by atoms with Gasteiger partial charge in [0, 0.05) is 26.3 Å². The quantitative estimate of drug-likeness (QED) is 0.916. The summed E-state index contributed by atoms with van der Waals surface area (Å²) in [5.41, 5.74) is 1.11. The second kappa shape index (κ2) is 7.41. The van der Waals surface area contributed by atoms with Gasteiger partial charge in [-0.3, -0.25) is 4.79 Å². The minimum atomic E-state index is -0.562. The van der Waals surface area contributed by atoms with Crippen molar-refractivity contribution < 1.29 is 9.53 Å². The fourth-order valence-electron chi connectivity index (χ4n) is 3.84. The summed E-state index contributed by atoms with van der Waals surface area (Å²) < 4.78 is 5.51. The van der Waals surface area contributed by atoms with Crippen molar-refractivity contribution in [2.75, 3.05) is 36.5 Å². The Labute approximate surface area is 153 Å². The van der Waals surface area contributed by atoms with Gasteiger partial charge in [0.05, 0.1) is 23.5 Å². The number of aromatic nitrogens is 2. The van der Waals surface area contributed by atoms with Crippen LogP contribution in [-0.2, 0) is 14.9 Å². The van der Waals surface area contributed by atoms with Crippen LogP contribution in [0.3, 0.4) is 0 Å². The molecular weight excluding hydrogens is 328 g/mol. The zero-order valence-electron chi connectivity index (χ0n) is 14.9. The summed E-state index contributed by atoms with van der Waals surface area (Å²) in [6, 6.07) is 9.98. The Hall–Kier alpha value is -2.47. The first-order valence-corrected chi connectivity index (χ1v) is 9.30. The highest BCUT2D eigenvalue weighted by molar-refractivity contribution is 5.99. The molecule has 0 atom stereocenters. The zero-order chi connectivity index (χ0) is 17.8. The van der Waals surface area contributed by atoms with Crippen molar-refractivity contribution in [3.8, 4) is 0 Å². The van der Waals surface area contributed by atoms with E-state index in [1.54, 1.807) is 12.4 Å². The Morgan fingerprint density at radius 3 is 2.35 bits per heavy atom. The summed E-state index contributed by atoms with van der Waals surface area (Å²) >= 11 is 0. The number of hydrogen-bond donors (Lipinski definition) is 1. The zero-order valence-corrected chi connectivity index (χ0v) is 14.9. The van der Waals surface area contributed by atoms with Gasteiger partial charge in [-0.2, -0.15) is 0 Å². The first-order chi connectivity index (χ1) is 12.8. The smallest absolute Gasteiger partial charge is 0.235 e. The van der Waals surface area contributed by atoms with Crippen LogP contribution in [0.5, 0.6) is 0 Å². The third-order valence-electron chi connectivity index (χ3n) is 5.39. The largest absolute Gasteiger partial charge is 0.381 e. The van der Waals surface area contributed by atoms with E-state index < -0.39 is 5.41 Å².